The summed E-state index contributed by atoms with van der Waals surface area (Å²) in [5.41, 5.74) is 0. The molecule has 0 saturated heterocycles. The maximum Gasteiger partial charge on any atom is 0 e. The van der Waals surface area contributed by atoms with Crippen molar-refractivity contribution in [3.8, 4) is 0 Å². The second-order valence-electron chi connectivity index (χ2n) is 0. The molecule has 1 nitrogen and oxygen atoms in total. The molecule has 0 fully saturated rings. The van der Waals surface area contributed by atoms with E-state index < -0.39 is 0 Å². The molecule has 0 spiro atoms. The van der Waals surface area contributed by atoms with Gasteiger partial charge in [-0.15, -0.1) is 0 Å². The van der Waals surface area contributed by atoms with Gasteiger partial charge in [-0.3, -0.25) is 0 Å². The van der Waals surface area contributed by atoms with Crippen LogP contribution in [-0.4, -0.2) is 5.48 Å². The molecule has 0 rings (SSSR count). The molecular weight excluding hydrogens is 427 g/mol. The molecule has 0 amide bonds. The van der Waals surface area contributed by atoms with E-state index in [1.165, 1.54) is 0 Å². The van der Waals surface area contributed by atoms with E-state index >= 15 is 0 Å². The Morgan fingerprint density at radius 1 is 1.00 bits per heavy atom. The van der Waals surface area contributed by atoms with Crippen molar-refractivity contribution in [2.75, 3.05) is 0 Å². The Labute approximate surface area is 87.8 Å². The minimum atomic E-state index is 0. The van der Waals surface area contributed by atoms with E-state index in [4.69, 9.17) is 0 Å². The zero-order valence-corrected chi connectivity index (χ0v) is 11.3. The largest absolute Gasteiger partial charge is 0.412 e. The molecule has 0 aromatic carbocycles. The van der Waals surface area contributed by atoms with Crippen LogP contribution in [0, 0.1) is 35.6 Å². The van der Waals surface area contributed by atoms with Gasteiger partial charge in [0, 0.05) is 84.2 Å². The standard InChI is InChI=1S/La.H2O.Ta.Zr/h;1H2;;. The third-order valence-electron chi connectivity index (χ3n) is 0. The van der Waals surface area contributed by atoms with Crippen molar-refractivity contribution in [3.05, 3.63) is 0 Å². The molecule has 0 atom stereocenters. The fourth-order valence-corrected chi connectivity index (χ4v) is 0. The summed E-state index contributed by atoms with van der Waals surface area (Å²) in [5.74, 6) is 0. The smallest absolute Gasteiger partial charge is 0 e. The molecule has 0 aromatic rings. The molecule has 0 aliphatic heterocycles. The first-order valence-corrected chi connectivity index (χ1v) is 0. The van der Waals surface area contributed by atoms with Crippen molar-refractivity contribution in [1.29, 1.82) is 0 Å². The van der Waals surface area contributed by atoms with Gasteiger partial charge in [-0.05, 0) is 0 Å². The molecule has 2 radical (unpaired) electrons. The van der Waals surface area contributed by atoms with Crippen molar-refractivity contribution >= 4 is 0 Å². The summed E-state index contributed by atoms with van der Waals surface area (Å²) in [6.45, 7) is 0. The molecule has 2 N–H and O–H groups in total. The van der Waals surface area contributed by atoms with Gasteiger partial charge < -0.3 is 5.48 Å². The zero-order chi connectivity index (χ0) is 0. The summed E-state index contributed by atoms with van der Waals surface area (Å²) in [6, 6.07) is 0. The third kappa shape index (κ3) is 8.84. The summed E-state index contributed by atoms with van der Waals surface area (Å²) in [4.78, 5) is 0. The maximum atomic E-state index is 0. The van der Waals surface area contributed by atoms with Crippen LogP contribution < -0.4 is 0 Å². The summed E-state index contributed by atoms with van der Waals surface area (Å²) < 4.78 is 0. The van der Waals surface area contributed by atoms with Crippen LogP contribution in [-0.2, 0) is 48.6 Å². The van der Waals surface area contributed by atoms with Gasteiger partial charge in [-0.2, -0.15) is 0 Å². The van der Waals surface area contributed by atoms with Gasteiger partial charge in [-0.1, -0.05) is 0 Å². The van der Waals surface area contributed by atoms with Crippen LogP contribution in [0.1, 0.15) is 0 Å². The van der Waals surface area contributed by atoms with E-state index in [0.717, 1.165) is 0 Å². The van der Waals surface area contributed by atoms with Crippen LogP contribution in [0.5, 0.6) is 0 Å². The molecule has 0 unspecified atom stereocenters. The molecule has 0 aliphatic carbocycles. The average Bonchev–Trinajstić information content (AvgIpc) is 0. The van der Waals surface area contributed by atoms with Gasteiger partial charge in [0.15, 0.2) is 0 Å². The van der Waals surface area contributed by atoms with Gasteiger partial charge in [0.05, 0.1) is 0 Å². The molecule has 20 valence electrons. The summed E-state index contributed by atoms with van der Waals surface area (Å²) >= 11 is 0. The van der Waals surface area contributed by atoms with E-state index in [2.05, 4.69) is 0 Å². The topological polar surface area (TPSA) is 31.5 Å². The van der Waals surface area contributed by atoms with Crippen LogP contribution in [0.4, 0.5) is 0 Å². The monoisotopic (exact) mass is 428 g/mol. The minimum absolute atomic E-state index is 0. The molecule has 0 aliphatic rings. The molecule has 4 heteroatoms. The van der Waals surface area contributed by atoms with Crippen molar-refractivity contribution in [1.82, 2.24) is 0 Å². The zero-order valence-electron chi connectivity index (χ0n) is 2.02. The Morgan fingerprint density at radius 2 is 1.00 bits per heavy atom. The average molecular weight is 429 g/mol. The second kappa shape index (κ2) is 17.1. The van der Waals surface area contributed by atoms with E-state index in [1.54, 1.807) is 0 Å². The van der Waals surface area contributed by atoms with Crippen LogP contribution in [0.25, 0.3) is 0 Å². The summed E-state index contributed by atoms with van der Waals surface area (Å²) in [7, 11) is 0. The first-order valence-electron chi connectivity index (χ1n) is 0. The van der Waals surface area contributed by atoms with E-state index in [1.807, 2.05) is 0 Å². The summed E-state index contributed by atoms with van der Waals surface area (Å²) in [6.07, 6.45) is 0. The van der Waals surface area contributed by atoms with Gasteiger partial charge >= 0.3 is 0 Å². The Hall–Kier alpha value is 2.78. The SMILES string of the molecule is O.[La].[Ta].[Zr]. The number of hydrogen-bond donors (Lipinski definition) is 0. The Bertz CT molecular complexity index is 8.00. The fraction of sp³-hybridized carbons (Fsp3) is 0. The van der Waals surface area contributed by atoms with Crippen molar-refractivity contribution < 1.29 is 89.7 Å². The van der Waals surface area contributed by atoms with Gasteiger partial charge in [0.2, 0.25) is 0 Å². The van der Waals surface area contributed by atoms with Crippen molar-refractivity contribution in [2.24, 2.45) is 0 Å². The van der Waals surface area contributed by atoms with E-state index in [0.29, 0.717) is 0 Å². The first kappa shape index (κ1) is 29.3. The second-order valence-corrected chi connectivity index (χ2v) is 0. The van der Waals surface area contributed by atoms with Crippen LogP contribution in [0.2, 0.25) is 0 Å². The van der Waals surface area contributed by atoms with E-state index in [9.17, 15) is 0 Å². The van der Waals surface area contributed by atoms with Gasteiger partial charge in [0.25, 0.3) is 0 Å². The van der Waals surface area contributed by atoms with Gasteiger partial charge in [0.1, 0.15) is 0 Å². The molecular formula is H2LaOTaZr. The van der Waals surface area contributed by atoms with Crippen molar-refractivity contribution in [3.63, 3.8) is 0 Å². The third-order valence-corrected chi connectivity index (χ3v) is 0. The number of hydrogen-bond acceptors (Lipinski definition) is 0. The predicted molar refractivity (Wildman–Crippen MR) is 3.61 cm³/mol. The Morgan fingerprint density at radius 3 is 1.00 bits per heavy atom. The molecule has 4 heavy (non-hydrogen) atoms. The van der Waals surface area contributed by atoms with Crippen molar-refractivity contribution in [2.45, 2.75) is 0 Å². The quantitative estimate of drug-likeness (QED) is 0.482. The molecule has 0 aromatic heterocycles. The molecule has 0 bridgehead atoms. The maximum absolute atomic E-state index is 0. The van der Waals surface area contributed by atoms with Crippen LogP contribution in [0.3, 0.4) is 0 Å². The van der Waals surface area contributed by atoms with Gasteiger partial charge in [-0.25, -0.2) is 0 Å². The molecule has 0 heterocycles. The van der Waals surface area contributed by atoms with E-state index in [-0.39, 0.29) is 89.7 Å². The van der Waals surface area contributed by atoms with Crippen LogP contribution >= 0.6 is 0 Å². The van der Waals surface area contributed by atoms with Crippen LogP contribution in [0.15, 0.2) is 0 Å². The fourth-order valence-electron chi connectivity index (χ4n) is 0. The normalized spacial score (nSPS) is 0. The molecule has 0 saturated carbocycles. The first-order chi connectivity index (χ1) is 0. The predicted octanol–water partition coefficient (Wildman–Crippen LogP) is -0.830. The summed E-state index contributed by atoms with van der Waals surface area (Å²) in [5, 5.41) is 0. The Balaban J connectivity index is 0. The number of rotatable bonds is 0. The minimum Gasteiger partial charge on any atom is -0.412 e. The Kier molecular flexibility index (Phi) is 125.